The van der Waals surface area contributed by atoms with Gasteiger partial charge in [-0.25, -0.2) is 0 Å². The molecule has 0 unspecified atom stereocenters. The molecule has 7 heteroatoms. The Balaban J connectivity index is -0.0000000800. The van der Waals surface area contributed by atoms with Crippen molar-refractivity contribution in [1.82, 2.24) is 0 Å². The molecule has 0 amide bonds. The van der Waals surface area contributed by atoms with Gasteiger partial charge in [0.25, 0.3) is 0 Å². The summed E-state index contributed by atoms with van der Waals surface area (Å²) in [7, 11) is -5.39. The van der Waals surface area contributed by atoms with E-state index in [1.807, 2.05) is 0 Å². The molecule has 0 spiro atoms. The van der Waals surface area contributed by atoms with E-state index in [9.17, 15) is 0 Å². The molecule has 0 aliphatic rings. The van der Waals surface area contributed by atoms with Gasteiger partial charge < -0.3 is 19.2 Å². The van der Waals surface area contributed by atoms with Crippen LogP contribution in [0.2, 0.25) is 0 Å². The van der Waals surface area contributed by atoms with E-state index >= 15 is 0 Å². The molecule has 0 heterocycles. The fourth-order valence-electron chi connectivity index (χ4n) is 0. The molecule has 0 aromatic heterocycles. The maximum Gasteiger partial charge on any atom is 3.00 e. The monoisotopic (exact) mass is 368 g/mol. The van der Waals surface area contributed by atoms with E-state index in [-0.39, 0.29) is 111 Å². The van der Waals surface area contributed by atoms with E-state index in [1.165, 1.54) is 0 Å². The molecule has 1 radical (unpaired) electrons. The predicted octanol–water partition coefficient (Wildman–Crippen LogP) is -5.82. The van der Waals surface area contributed by atoms with Gasteiger partial charge in [0.1, 0.15) is 0 Å². The molecule has 0 fully saturated rings. The van der Waals surface area contributed by atoms with Gasteiger partial charge in [0.15, 0.2) is 0 Å². The normalized spacial score (nSPS) is 8.43. The summed E-state index contributed by atoms with van der Waals surface area (Å²) in [4.78, 5) is 25.6. The molecule has 0 saturated carbocycles. The Labute approximate surface area is 133 Å². The number of hydrogen-bond donors (Lipinski definition) is 0. The van der Waals surface area contributed by atoms with Crippen molar-refractivity contribution in [2.75, 3.05) is 0 Å². The van der Waals surface area contributed by atoms with Crippen LogP contribution in [-0.2, 0) is 4.57 Å². The van der Waals surface area contributed by atoms with Crippen LogP contribution in [0.3, 0.4) is 0 Å². The third-order valence-corrected chi connectivity index (χ3v) is 0. The van der Waals surface area contributed by atoms with Crippen molar-refractivity contribution in [3.8, 4) is 0 Å². The topological polar surface area (TPSA) is 86.2 Å². The largest absolute Gasteiger partial charge is 3.00 e. The number of hydrogen-bond acceptors (Lipinski definition) is 4. The second kappa shape index (κ2) is 7.64. The van der Waals surface area contributed by atoms with Crippen molar-refractivity contribution >= 4 is 7.82 Å². The summed E-state index contributed by atoms with van der Waals surface area (Å²) < 4.78 is 8.55. The quantitative estimate of drug-likeness (QED) is 0.399. The maximum atomic E-state index is 8.55. The van der Waals surface area contributed by atoms with Crippen LogP contribution in [0, 0.1) is 41.7 Å². The van der Waals surface area contributed by atoms with Crippen LogP contribution in [0.5, 0.6) is 0 Å². The summed E-state index contributed by atoms with van der Waals surface area (Å²) in [6.45, 7) is 0. The van der Waals surface area contributed by atoms with E-state index in [0.717, 1.165) is 0 Å². The Bertz CT molecular complexity index is 57.8. The van der Waals surface area contributed by atoms with Crippen molar-refractivity contribution in [3.05, 3.63) is 0 Å². The average molecular weight is 368 g/mol. The molecule has 0 N–H and O–H groups in total. The molecule has 33 valence electrons. The minimum atomic E-state index is -5.39. The minimum Gasteiger partial charge on any atom is -0.822 e. The summed E-state index contributed by atoms with van der Waals surface area (Å²) in [5, 5.41) is 0. The van der Waals surface area contributed by atoms with Crippen LogP contribution in [0.1, 0.15) is 0 Å². The fourth-order valence-corrected chi connectivity index (χ4v) is 0. The van der Waals surface area contributed by atoms with Gasteiger partial charge in [-0.1, -0.05) is 0 Å². The van der Waals surface area contributed by atoms with Gasteiger partial charge in [-0.05, 0) is 0 Å². The van der Waals surface area contributed by atoms with Gasteiger partial charge >= 0.3 is 111 Å². The van der Waals surface area contributed by atoms with Crippen LogP contribution in [0.25, 0.3) is 0 Å². The van der Waals surface area contributed by atoms with E-state index in [4.69, 9.17) is 19.2 Å². The molecule has 0 aromatic rings. The molecule has 0 aliphatic heterocycles. The smallest absolute Gasteiger partial charge is 0.822 e. The summed E-state index contributed by atoms with van der Waals surface area (Å²) >= 11 is 0. The SMILES string of the molecule is O=P([O-])([O-])[O-].[Ce+3].[Cs+]. The van der Waals surface area contributed by atoms with Crippen LogP contribution >= 0.6 is 7.82 Å². The molecule has 0 aromatic carbocycles. The molecular formula is CeCsO4P+. The summed E-state index contributed by atoms with van der Waals surface area (Å²) in [6.07, 6.45) is 0. The molecule has 0 rings (SSSR count). The van der Waals surface area contributed by atoms with Gasteiger partial charge in [-0.2, -0.15) is 7.82 Å². The zero-order valence-electron chi connectivity index (χ0n) is 3.58. The van der Waals surface area contributed by atoms with Gasteiger partial charge in [0.2, 0.25) is 0 Å². The van der Waals surface area contributed by atoms with Crippen LogP contribution in [-0.4, -0.2) is 0 Å². The van der Waals surface area contributed by atoms with Crippen molar-refractivity contribution in [3.63, 3.8) is 0 Å². The Morgan fingerprint density at radius 1 is 1.14 bits per heavy atom. The Morgan fingerprint density at radius 2 is 1.14 bits per heavy atom. The summed E-state index contributed by atoms with van der Waals surface area (Å²) in [5.74, 6) is 0. The van der Waals surface area contributed by atoms with Gasteiger partial charge in [-0.15, -0.1) is 0 Å². The second-order valence-electron chi connectivity index (χ2n) is 0.447. The average Bonchev–Trinajstić information content (AvgIpc) is 0.722. The molecule has 0 aliphatic carbocycles. The maximum absolute atomic E-state index is 8.55. The summed E-state index contributed by atoms with van der Waals surface area (Å²) in [6, 6.07) is 0. The zero-order chi connectivity index (χ0) is 4.50. The molecular weight excluding hydrogens is 368 g/mol. The van der Waals surface area contributed by atoms with Gasteiger partial charge in [0, 0.05) is 0 Å². The molecule has 0 bridgehead atoms. The number of phosphoric acid groups is 1. The molecule has 0 saturated heterocycles. The Hall–Kier alpha value is 3.54. The van der Waals surface area contributed by atoms with Crippen molar-refractivity contribution in [2.24, 2.45) is 0 Å². The second-order valence-corrected chi connectivity index (χ2v) is 1.34. The third-order valence-electron chi connectivity index (χ3n) is 0. The van der Waals surface area contributed by atoms with E-state index < -0.39 is 7.82 Å². The van der Waals surface area contributed by atoms with E-state index in [2.05, 4.69) is 0 Å². The van der Waals surface area contributed by atoms with E-state index in [1.54, 1.807) is 0 Å². The first-order chi connectivity index (χ1) is 2.00. The number of rotatable bonds is 0. The predicted molar refractivity (Wildman–Crippen MR) is 7.61 cm³/mol. The zero-order valence-corrected chi connectivity index (χ0v) is 13.9. The standard InChI is InChI=1S/Ce.Cs.H3O4P/c;;1-5(2,3)4/h;;(H3,1,2,3,4)/q+3;+1;/p-3. The molecule has 7 heavy (non-hydrogen) atoms. The first-order valence-corrected chi connectivity index (χ1v) is 2.19. The fraction of sp³-hybridized carbons (Fsp3) is 0. The van der Waals surface area contributed by atoms with E-state index in [0.29, 0.717) is 0 Å². The van der Waals surface area contributed by atoms with Crippen LogP contribution in [0.15, 0.2) is 0 Å². The first-order valence-electron chi connectivity index (χ1n) is 0.730. The van der Waals surface area contributed by atoms with Crippen LogP contribution < -0.4 is 83.6 Å². The Morgan fingerprint density at radius 3 is 1.14 bits per heavy atom. The van der Waals surface area contributed by atoms with Crippen molar-refractivity contribution in [2.45, 2.75) is 0 Å². The summed E-state index contributed by atoms with van der Waals surface area (Å²) in [5.41, 5.74) is 0. The molecule has 4 nitrogen and oxygen atoms in total. The first kappa shape index (κ1) is 16.9. The van der Waals surface area contributed by atoms with Crippen molar-refractivity contribution in [1.29, 1.82) is 0 Å². The van der Waals surface area contributed by atoms with Crippen molar-refractivity contribution < 1.29 is 130 Å². The van der Waals surface area contributed by atoms with Crippen LogP contribution in [0.4, 0.5) is 0 Å². The minimum absolute atomic E-state index is 0. The molecule has 0 atom stereocenters. The Kier molecular flexibility index (Phi) is 18.4. The van der Waals surface area contributed by atoms with Gasteiger partial charge in [0.05, 0.1) is 0 Å². The van der Waals surface area contributed by atoms with Gasteiger partial charge in [-0.3, -0.25) is 0 Å². The third kappa shape index (κ3) is 43.3.